The number of benzene rings is 1. The molecular formula is C19H27FN4O3S. The first-order chi connectivity index (χ1) is 13.4. The molecule has 0 aliphatic heterocycles. The molecule has 1 aliphatic carbocycles. The van der Waals surface area contributed by atoms with Gasteiger partial charge < -0.3 is 4.74 Å². The van der Waals surface area contributed by atoms with Crippen molar-refractivity contribution < 1.29 is 17.5 Å². The van der Waals surface area contributed by atoms with Crippen LogP contribution in [0.1, 0.15) is 57.8 Å². The van der Waals surface area contributed by atoms with Crippen molar-refractivity contribution in [1.82, 2.24) is 19.5 Å². The van der Waals surface area contributed by atoms with Gasteiger partial charge in [0.25, 0.3) is 0 Å². The Hall–Kier alpha value is -2.00. The van der Waals surface area contributed by atoms with E-state index in [1.165, 1.54) is 30.7 Å². The van der Waals surface area contributed by atoms with Gasteiger partial charge in [0.05, 0.1) is 11.8 Å². The fraction of sp³-hybridized carbons (Fsp3) is 0.579. The molecule has 3 rings (SSSR count). The maximum Gasteiger partial charge on any atom is 0.322 e. The van der Waals surface area contributed by atoms with E-state index in [0.717, 1.165) is 25.7 Å². The highest BCUT2D eigenvalue weighted by atomic mass is 32.2. The zero-order valence-electron chi connectivity index (χ0n) is 16.3. The molecule has 154 valence electrons. The molecule has 0 radical (unpaired) electrons. The van der Waals surface area contributed by atoms with E-state index in [0.29, 0.717) is 18.1 Å². The molecule has 0 saturated heterocycles. The summed E-state index contributed by atoms with van der Waals surface area (Å²) in [6, 6.07) is 5.30. The Morgan fingerprint density at radius 1 is 1.21 bits per heavy atom. The molecular weight excluding hydrogens is 383 g/mol. The number of halogens is 1. The monoisotopic (exact) mass is 410 g/mol. The second-order valence-corrected chi connectivity index (χ2v) is 9.06. The van der Waals surface area contributed by atoms with Gasteiger partial charge in [0.1, 0.15) is 11.6 Å². The third-order valence-corrected chi connectivity index (χ3v) is 6.63. The molecule has 1 atom stereocenters. The largest absolute Gasteiger partial charge is 0.424 e. The summed E-state index contributed by atoms with van der Waals surface area (Å²) in [6.07, 6.45) is 5.33. The number of nitrogens with one attached hydrogen (secondary N) is 1. The van der Waals surface area contributed by atoms with Crippen LogP contribution in [0.5, 0.6) is 11.8 Å². The van der Waals surface area contributed by atoms with Gasteiger partial charge in [0.15, 0.2) is 5.82 Å². The Morgan fingerprint density at radius 3 is 2.54 bits per heavy atom. The van der Waals surface area contributed by atoms with Gasteiger partial charge in [-0.1, -0.05) is 24.4 Å². The number of nitrogens with zero attached hydrogens (tertiary/aromatic N) is 3. The van der Waals surface area contributed by atoms with Crippen molar-refractivity contribution in [1.29, 1.82) is 0 Å². The van der Waals surface area contributed by atoms with E-state index in [1.54, 1.807) is 11.5 Å². The standard InChI is InChI=1S/C19H27FN4O3S/c1-3-24-18(21-22-19(24)27-17-11-9-16(20)10-12-17)14(2)23-28(25,26)13-15-7-5-4-6-8-15/h9-12,14-15,23H,3-8,13H2,1-2H3/t14-/m1/s1. The third-order valence-electron chi connectivity index (χ3n) is 5.01. The van der Waals surface area contributed by atoms with E-state index in [-0.39, 0.29) is 23.5 Å². The Labute approximate surface area is 165 Å². The van der Waals surface area contributed by atoms with E-state index < -0.39 is 16.1 Å². The molecule has 1 aliphatic rings. The van der Waals surface area contributed by atoms with Crippen LogP contribution in [-0.2, 0) is 16.6 Å². The summed E-state index contributed by atoms with van der Waals surface area (Å²) in [4.78, 5) is 0. The van der Waals surface area contributed by atoms with Crippen molar-refractivity contribution in [2.45, 2.75) is 58.5 Å². The summed E-state index contributed by atoms with van der Waals surface area (Å²) in [5.74, 6) is 0.926. The van der Waals surface area contributed by atoms with Crippen molar-refractivity contribution in [3.05, 3.63) is 35.9 Å². The Bertz CT molecular complexity index is 877. The maximum absolute atomic E-state index is 13.1. The van der Waals surface area contributed by atoms with Gasteiger partial charge in [0.2, 0.25) is 10.0 Å². The van der Waals surface area contributed by atoms with Crippen molar-refractivity contribution in [2.75, 3.05) is 5.75 Å². The predicted octanol–water partition coefficient (Wildman–Crippen LogP) is 3.79. The average molecular weight is 411 g/mol. The van der Waals surface area contributed by atoms with Gasteiger partial charge >= 0.3 is 6.01 Å². The molecule has 0 spiro atoms. The van der Waals surface area contributed by atoms with E-state index in [9.17, 15) is 12.8 Å². The maximum atomic E-state index is 13.1. The molecule has 1 fully saturated rings. The van der Waals surface area contributed by atoms with E-state index in [4.69, 9.17) is 4.74 Å². The molecule has 1 aromatic carbocycles. The van der Waals surface area contributed by atoms with Crippen LogP contribution in [0.15, 0.2) is 24.3 Å². The molecule has 2 aromatic rings. The first-order valence-corrected chi connectivity index (χ1v) is 11.4. The molecule has 1 N–H and O–H groups in total. The quantitative estimate of drug-likeness (QED) is 0.716. The lowest BCUT2D eigenvalue weighted by Crippen LogP contribution is -2.33. The molecule has 28 heavy (non-hydrogen) atoms. The SMILES string of the molecule is CCn1c(Oc2ccc(F)cc2)nnc1[C@@H](C)NS(=O)(=O)CC1CCCCC1. The summed E-state index contributed by atoms with van der Waals surface area (Å²) >= 11 is 0. The Balaban J connectivity index is 1.69. The number of hydrogen-bond acceptors (Lipinski definition) is 5. The molecule has 1 saturated carbocycles. The highest BCUT2D eigenvalue weighted by Gasteiger charge is 2.26. The van der Waals surface area contributed by atoms with E-state index >= 15 is 0 Å². The first-order valence-electron chi connectivity index (χ1n) is 9.74. The first kappa shape index (κ1) is 20.7. The zero-order chi connectivity index (χ0) is 20.1. The molecule has 0 bridgehead atoms. The van der Waals surface area contributed by atoms with Gasteiger partial charge in [0, 0.05) is 6.54 Å². The van der Waals surface area contributed by atoms with Gasteiger partial charge in [-0.15, -0.1) is 5.10 Å². The van der Waals surface area contributed by atoms with Gasteiger partial charge in [-0.2, -0.15) is 0 Å². The molecule has 7 nitrogen and oxygen atoms in total. The van der Waals surface area contributed by atoms with Gasteiger partial charge in [-0.25, -0.2) is 17.5 Å². The summed E-state index contributed by atoms with van der Waals surface area (Å²) in [7, 11) is -3.42. The molecule has 9 heteroatoms. The van der Waals surface area contributed by atoms with Crippen molar-refractivity contribution in [2.24, 2.45) is 5.92 Å². The minimum atomic E-state index is -3.42. The number of ether oxygens (including phenoxy) is 1. The van der Waals surface area contributed by atoms with Crippen LogP contribution in [0.2, 0.25) is 0 Å². The van der Waals surface area contributed by atoms with Crippen molar-refractivity contribution >= 4 is 10.0 Å². The third kappa shape index (κ3) is 5.29. The average Bonchev–Trinajstić information content (AvgIpc) is 3.06. The Kier molecular flexibility index (Phi) is 6.66. The fourth-order valence-corrected chi connectivity index (χ4v) is 5.33. The van der Waals surface area contributed by atoms with Gasteiger partial charge in [-0.3, -0.25) is 4.57 Å². The van der Waals surface area contributed by atoms with Crippen molar-refractivity contribution in [3.63, 3.8) is 0 Å². The van der Waals surface area contributed by atoms with Crippen LogP contribution in [-0.4, -0.2) is 28.9 Å². The van der Waals surface area contributed by atoms with Crippen LogP contribution in [0, 0.1) is 11.7 Å². The summed E-state index contributed by atoms with van der Waals surface area (Å²) in [5, 5.41) is 8.15. The normalized spacial score (nSPS) is 16.8. The van der Waals surface area contributed by atoms with Crippen LogP contribution in [0.3, 0.4) is 0 Å². The number of aromatic nitrogens is 3. The summed E-state index contributed by atoms with van der Waals surface area (Å²) in [6.45, 7) is 4.15. The highest BCUT2D eigenvalue weighted by Crippen LogP contribution is 2.26. The smallest absolute Gasteiger partial charge is 0.322 e. The number of sulfonamides is 1. The molecule has 0 unspecified atom stereocenters. The van der Waals surface area contributed by atoms with E-state index in [2.05, 4.69) is 14.9 Å². The molecule has 0 amide bonds. The summed E-state index contributed by atoms with van der Waals surface area (Å²) < 4.78 is 48.3. The lowest BCUT2D eigenvalue weighted by molar-refractivity contribution is 0.382. The van der Waals surface area contributed by atoms with E-state index in [1.807, 2.05) is 6.92 Å². The number of rotatable bonds is 8. The highest BCUT2D eigenvalue weighted by molar-refractivity contribution is 7.89. The minimum absolute atomic E-state index is 0.149. The topological polar surface area (TPSA) is 86.1 Å². The minimum Gasteiger partial charge on any atom is -0.424 e. The Morgan fingerprint density at radius 2 is 1.89 bits per heavy atom. The zero-order valence-corrected chi connectivity index (χ0v) is 17.1. The van der Waals surface area contributed by atoms with Gasteiger partial charge in [-0.05, 0) is 56.9 Å². The second-order valence-electron chi connectivity index (χ2n) is 7.27. The lowest BCUT2D eigenvalue weighted by atomic mass is 9.91. The van der Waals surface area contributed by atoms with Crippen molar-refractivity contribution in [3.8, 4) is 11.8 Å². The summed E-state index contributed by atoms with van der Waals surface area (Å²) in [5.41, 5.74) is 0. The predicted molar refractivity (Wildman–Crippen MR) is 104 cm³/mol. The second kappa shape index (κ2) is 9.00. The van der Waals surface area contributed by atoms with Crippen LogP contribution in [0.25, 0.3) is 0 Å². The molecule has 1 aromatic heterocycles. The van der Waals surface area contributed by atoms with Crippen LogP contribution < -0.4 is 9.46 Å². The van der Waals surface area contributed by atoms with Crippen LogP contribution in [0.4, 0.5) is 4.39 Å². The number of hydrogen-bond donors (Lipinski definition) is 1. The fourth-order valence-electron chi connectivity index (χ4n) is 3.64. The molecule has 1 heterocycles. The lowest BCUT2D eigenvalue weighted by Gasteiger charge is -2.22. The van der Waals surface area contributed by atoms with Crippen LogP contribution >= 0.6 is 0 Å².